The zero-order valence-electron chi connectivity index (χ0n) is 19.5. The zero-order valence-corrected chi connectivity index (χ0v) is 20.3. The largest absolute Gasteiger partial charge is 0.332 e. The Morgan fingerprint density at radius 1 is 0.875 bits per heavy atom. The molecule has 0 aliphatic heterocycles. The van der Waals surface area contributed by atoms with Crippen LogP contribution in [-0.4, -0.2) is 34.7 Å². The molecule has 0 unspecified atom stereocenters. The first-order valence-electron chi connectivity index (χ1n) is 11.9. The number of benzene rings is 1. The average molecular weight is 455 g/mol. The van der Waals surface area contributed by atoms with Gasteiger partial charge in [-0.05, 0) is 23.4 Å². The van der Waals surface area contributed by atoms with E-state index in [1.54, 1.807) is 22.3 Å². The Bertz CT molecular complexity index is 789. The molecule has 0 saturated carbocycles. The second kappa shape index (κ2) is 15.4. The van der Waals surface area contributed by atoms with Crippen LogP contribution in [0.25, 0.3) is 0 Å². The third kappa shape index (κ3) is 9.82. The summed E-state index contributed by atoms with van der Waals surface area (Å²) >= 11 is 1.64. The summed E-state index contributed by atoms with van der Waals surface area (Å²) in [5.74, 6) is 0.0135. The van der Waals surface area contributed by atoms with Crippen molar-refractivity contribution in [3.05, 3.63) is 70.9 Å². The second-order valence-corrected chi connectivity index (χ2v) is 9.28. The van der Waals surface area contributed by atoms with Gasteiger partial charge in [-0.1, -0.05) is 87.9 Å². The van der Waals surface area contributed by atoms with E-state index < -0.39 is 0 Å². The molecule has 0 atom stereocenters. The maximum absolute atomic E-state index is 13.2. The lowest BCUT2D eigenvalue weighted by molar-refractivity contribution is -0.140. The smallest absolute Gasteiger partial charge is 0.242 e. The predicted octanol–water partition coefficient (Wildman–Crippen LogP) is 6.43. The van der Waals surface area contributed by atoms with Gasteiger partial charge in [-0.2, -0.15) is 0 Å². The van der Waals surface area contributed by atoms with Gasteiger partial charge in [0.1, 0.15) is 6.54 Å². The van der Waals surface area contributed by atoms with Crippen LogP contribution in [0, 0.1) is 0 Å². The van der Waals surface area contributed by atoms with E-state index >= 15 is 0 Å². The van der Waals surface area contributed by atoms with Crippen molar-refractivity contribution in [2.75, 3.05) is 13.1 Å². The number of hydrogen-bond acceptors (Lipinski definition) is 3. The van der Waals surface area contributed by atoms with Gasteiger partial charge >= 0.3 is 0 Å². The third-order valence-corrected chi connectivity index (χ3v) is 6.38. The van der Waals surface area contributed by atoms with E-state index in [0.717, 1.165) is 23.3 Å². The molecular formula is C27H38N2O2S. The van der Waals surface area contributed by atoms with Gasteiger partial charge in [0.25, 0.3) is 0 Å². The van der Waals surface area contributed by atoms with Crippen molar-refractivity contribution in [1.29, 1.82) is 0 Å². The summed E-state index contributed by atoms with van der Waals surface area (Å²) in [7, 11) is 0. The Balaban J connectivity index is 1.92. The molecular weight excluding hydrogens is 416 g/mol. The highest BCUT2D eigenvalue weighted by Gasteiger charge is 2.21. The number of hydrogen-bond donors (Lipinski definition) is 0. The second-order valence-electron chi connectivity index (χ2n) is 8.25. The minimum atomic E-state index is -0.0305. The van der Waals surface area contributed by atoms with Crippen LogP contribution in [0.1, 0.15) is 68.7 Å². The number of thiophene rings is 1. The van der Waals surface area contributed by atoms with Crippen molar-refractivity contribution in [2.45, 2.75) is 71.4 Å². The molecule has 0 radical (unpaired) electrons. The lowest BCUT2D eigenvalue weighted by Gasteiger charge is -2.27. The third-order valence-electron chi connectivity index (χ3n) is 5.52. The number of unbranched alkanes of at least 4 members (excludes halogenated alkanes) is 6. The summed E-state index contributed by atoms with van der Waals surface area (Å²) in [5, 5.41) is 2.02. The van der Waals surface area contributed by atoms with E-state index in [4.69, 9.17) is 0 Å². The van der Waals surface area contributed by atoms with Gasteiger partial charge in [-0.25, -0.2) is 0 Å². The molecule has 1 aromatic heterocycles. The number of amides is 2. The minimum absolute atomic E-state index is 0.0305. The van der Waals surface area contributed by atoms with Gasteiger partial charge in [0.2, 0.25) is 11.8 Å². The predicted molar refractivity (Wildman–Crippen MR) is 134 cm³/mol. The Morgan fingerprint density at radius 3 is 2.25 bits per heavy atom. The summed E-state index contributed by atoms with van der Waals surface area (Å²) in [6, 6.07) is 14.1. The van der Waals surface area contributed by atoms with Gasteiger partial charge in [0.05, 0.1) is 6.54 Å². The summed E-state index contributed by atoms with van der Waals surface area (Å²) in [6.07, 6.45) is 10.4. The standard InChI is InChI=1S/C27H38N2O2S/c1-3-5-6-7-8-9-13-18-26(30)28(19-4-2)23-27(31)29(22-25-17-14-20-32-25)21-24-15-11-10-12-16-24/h4,10-12,14-17,20H,2-3,5-9,13,18-19,21-23H2,1H3. The first-order chi connectivity index (χ1) is 15.6. The Labute approximate surface area is 197 Å². The highest BCUT2D eigenvalue weighted by atomic mass is 32.1. The highest BCUT2D eigenvalue weighted by Crippen LogP contribution is 2.16. The molecule has 0 fully saturated rings. The van der Waals surface area contributed by atoms with Crippen LogP contribution in [0.15, 0.2) is 60.5 Å². The molecule has 0 spiro atoms. The summed E-state index contributed by atoms with van der Waals surface area (Å²) in [6.45, 7) is 7.59. The summed E-state index contributed by atoms with van der Waals surface area (Å²) < 4.78 is 0. The van der Waals surface area contributed by atoms with Crippen molar-refractivity contribution < 1.29 is 9.59 Å². The molecule has 4 nitrogen and oxygen atoms in total. The monoisotopic (exact) mass is 454 g/mol. The number of rotatable bonds is 16. The summed E-state index contributed by atoms with van der Waals surface area (Å²) in [4.78, 5) is 30.7. The molecule has 0 N–H and O–H groups in total. The number of carbonyl (C=O) groups excluding carboxylic acids is 2. The van der Waals surface area contributed by atoms with E-state index in [0.29, 0.717) is 26.1 Å². The fourth-order valence-corrected chi connectivity index (χ4v) is 4.41. The van der Waals surface area contributed by atoms with Crippen molar-refractivity contribution in [3.63, 3.8) is 0 Å². The number of carbonyl (C=O) groups is 2. The fourth-order valence-electron chi connectivity index (χ4n) is 3.69. The Morgan fingerprint density at radius 2 is 1.59 bits per heavy atom. The van der Waals surface area contributed by atoms with Crippen molar-refractivity contribution in [3.8, 4) is 0 Å². The van der Waals surface area contributed by atoms with Crippen LogP contribution in [0.2, 0.25) is 0 Å². The topological polar surface area (TPSA) is 40.6 Å². The van der Waals surface area contributed by atoms with Gasteiger partial charge in [-0.15, -0.1) is 17.9 Å². The minimum Gasteiger partial charge on any atom is -0.332 e. The highest BCUT2D eigenvalue weighted by molar-refractivity contribution is 7.09. The van der Waals surface area contributed by atoms with Gasteiger partial charge in [0, 0.05) is 24.4 Å². The SMILES string of the molecule is C=CCN(CC(=O)N(Cc1ccccc1)Cc1cccs1)C(=O)CCCCCCCCC. The average Bonchev–Trinajstić information content (AvgIpc) is 3.31. The van der Waals surface area contributed by atoms with E-state index in [-0.39, 0.29) is 18.4 Å². The maximum atomic E-state index is 13.2. The van der Waals surface area contributed by atoms with Crippen LogP contribution < -0.4 is 0 Å². The Kier molecular flexibility index (Phi) is 12.5. The molecule has 1 aromatic carbocycles. The molecule has 0 aliphatic carbocycles. The molecule has 32 heavy (non-hydrogen) atoms. The van der Waals surface area contributed by atoms with Crippen molar-refractivity contribution in [2.24, 2.45) is 0 Å². The van der Waals surface area contributed by atoms with E-state index in [9.17, 15) is 9.59 Å². The van der Waals surface area contributed by atoms with E-state index in [1.165, 1.54) is 32.1 Å². The fraction of sp³-hybridized carbons (Fsp3) is 0.481. The molecule has 0 bridgehead atoms. The van der Waals surface area contributed by atoms with Crippen LogP contribution in [-0.2, 0) is 22.7 Å². The van der Waals surface area contributed by atoms with Crippen LogP contribution in [0.5, 0.6) is 0 Å². The molecule has 2 amide bonds. The van der Waals surface area contributed by atoms with Crippen LogP contribution in [0.3, 0.4) is 0 Å². The summed E-state index contributed by atoms with van der Waals surface area (Å²) in [5.41, 5.74) is 1.09. The molecule has 0 saturated heterocycles. The van der Waals surface area contributed by atoms with Gasteiger partial charge < -0.3 is 9.80 Å². The maximum Gasteiger partial charge on any atom is 0.242 e. The zero-order chi connectivity index (χ0) is 23.0. The van der Waals surface area contributed by atoms with Gasteiger partial charge in [0.15, 0.2) is 0 Å². The van der Waals surface area contributed by atoms with Crippen LogP contribution >= 0.6 is 11.3 Å². The van der Waals surface area contributed by atoms with E-state index in [1.807, 2.05) is 52.7 Å². The molecule has 1 heterocycles. The molecule has 0 aliphatic rings. The van der Waals surface area contributed by atoms with Gasteiger partial charge in [-0.3, -0.25) is 9.59 Å². The molecule has 2 aromatic rings. The normalized spacial score (nSPS) is 10.7. The molecule has 174 valence electrons. The van der Waals surface area contributed by atoms with Crippen molar-refractivity contribution in [1.82, 2.24) is 9.80 Å². The lowest BCUT2D eigenvalue weighted by atomic mass is 10.1. The van der Waals surface area contributed by atoms with Crippen LogP contribution in [0.4, 0.5) is 0 Å². The Hall–Kier alpha value is -2.40. The lowest BCUT2D eigenvalue weighted by Crippen LogP contribution is -2.42. The molecule has 5 heteroatoms. The first-order valence-corrected chi connectivity index (χ1v) is 12.7. The quantitative estimate of drug-likeness (QED) is 0.216. The first kappa shape index (κ1) is 25.9. The van der Waals surface area contributed by atoms with E-state index in [2.05, 4.69) is 13.5 Å². The molecule has 2 rings (SSSR count). The van der Waals surface area contributed by atoms with Crippen molar-refractivity contribution >= 4 is 23.2 Å². The number of nitrogens with zero attached hydrogens (tertiary/aromatic N) is 2.